The van der Waals surface area contributed by atoms with Crippen LogP contribution in [0.25, 0.3) is 0 Å². The molecule has 0 fully saturated rings. The fourth-order valence-corrected chi connectivity index (χ4v) is 1.31. The van der Waals surface area contributed by atoms with Crippen molar-refractivity contribution in [2.75, 3.05) is 0 Å². The monoisotopic (exact) mass is 234 g/mol. The van der Waals surface area contributed by atoms with Crippen molar-refractivity contribution >= 4 is 5.78 Å². The second kappa shape index (κ2) is 4.37. The van der Waals surface area contributed by atoms with Gasteiger partial charge in [0.2, 0.25) is 0 Å². The lowest BCUT2D eigenvalue weighted by atomic mass is 10.1. The van der Waals surface area contributed by atoms with Crippen LogP contribution >= 0.6 is 0 Å². The maximum Gasteiger partial charge on any atom is 0.196 e. The van der Waals surface area contributed by atoms with Gasteiger partial charge in [-0.3, -0.25) is 4.79 Å². The quantitative estimate of drug-likeness (QED) is 0.749. The molecule has 1 heterocycles. The van der Waals surface area contributed by atoms with E-state index in [1.165, 1.54) is 18.5 Å². The molecule has 0 saturated carbocycles. The second-order valence-electron chi connectivity index (χ2n) is 3.48. The first-order valence-corrected chi connectivity index (χ1v) is 4.86. The Hall–Kier alpha value is -2.17. The SMILES string of the molecule is Cc1ncc(C(=O)c2ccc(F)c(F)c2)cn1. The number of nitrogens with zero attached hydrogens (tertiary/aromatic N) is 2. The molecule has 5 heteroatoms. The number of carbonyl (C=O) groups is 1. The summed E-state index contributed by atoms with van der Waals surface area (Å²) in [7, 11) is 0. The Morgan fingerprint density at radius 3 is 2.29 bits per heavy atom. The Balaban J connectivity index is 2.37. The number of hydrogen-bond donors (Lipinski definition) is 0. The molecule has 1 aromatic heterocycles. The van der Waals surface area contributed by atoms with Crippen LogP contribution in [0.4, 0.5) is 8.78 Å². The van der Waals surface area contributed by atoms with Gasteiger partial charge < -0.3 is 0 Å². The van der Waals surface area contributed by atoms with Gasteiger partial charge in [0.05, 0.1) is 5.56 Å². The number of ketones is 1. The van der Waals surface area contributed by atoms with Crippen LogP contribution in [0.3, 0.4) is 0 Å². The van der Waals surface area contributed by atoms with Crippen LogP contribution in [0, 0.1) is 18.6 Å². The Bertz CT molecular complexity index is 567. The van der Waals surface area contributed by atoms with Crippen molar-refractivity contribution in [1.82, 2.24) is 9.97 Å². The summed E-state index contributed by atoms with van der Waals surface area (Å²) >= 11 is 0. The van der Waals surface area contributed by atoms with Crippen molar-refractivity contribution < 1.29 is 13.6 Å². The van der Waals surface area contributed by atoms with Gasteiger partial charge in [0.25, 0.3) is 0 Å². The third-order valence-electron chi connectivity index (χ3n) is 2.22. The van der Waals surface area contributed by atoms with Gasteiger partial charge in [-0.25, -0.2) is 18.7 Å². The largest absolute Gasteiger partial charge is 0.288 e. The van der Waals surface area contributed by atoms with Crippen molar-refractivity contribution in [3.8, 4) is 0 Å². The third-order valence-corrected chi connectivity index (χ3v) is 2.22. The van der Waals surface area contributed by atoms with E-state index in [1.54, 1.807) is 6.92 Å². The first kappa shape index (κ1) is 11.3. The minimum Gasteiger partial charge on any atom is -0.288 e. The zero-order valence-corrected chi connectivity index (χ0v) is 8.95. The van der Waals surface area contributed by atoms with Crippen LogP contribution < -0.4 is 0 Å². The van der Waals surface area contributed by atoms with E-state index in [0.29, 0.717) is 5.82 Å². The lowest BCUT2D eigenvalue weighted by Gasteiger charge is -2.01. The number of rotatable bonds is 2. The van der Waals surface area contributed by atoms with Crippen LogP contribution in [0.5, 0.6) is 0 Å². The van der Waals surface area contributed by atoms with Crippen molar-refractivity contribution in [2.24, 2.45) is 0 Å². The van der Waals surface area contributed by atoms with E-state index >= 15 is 0 Å². The highest BCUT2D eigenvalue weighted by molar-refractivity contribution is 6.08. The van der Waals surface area contributed by atoms with Gasteiger partial charge in [-0.2, -0.15) is 0 Å². The number of aryl methyl sites for hydroxylation is 1. The van der Waals surface area contributed by atoms with Crippen LogP contribution in [0.1, 0.15) is 21.7 Å². The predicted octanol–water partition coefficient (Wildman–Crippen LogP) is 2.29. The number of aromatic nitrogens is 2. The van der Waals surface area contributed by atoms with E-state index in [2.05, 4.69) is 9.97 Å². The molecular formula is C12H8F2N2O. The van der Waals surface area contributed by atoms with Crippen molar-refractivity contribution in [1.29, 1.82) is 0 Å². The molecular weight excluding hydrogens is 226 g/mol. The lowest BCUT2D eigenvalue weighted by Crippen LogP contribution is -2.04. The standard InChI is InChI=1S/C12H8F2N2O/c1-7-15-5-9(6-16-7)12(17)8-2-3-10(13)11(14)4-8/h2-6H,1H3. The molecule has 0 saturated heterocycles. The topological polar surface area (TPSA) is 42.9 Å². The highest BCUT2D eigenvalue weighted by atomic mass is 19.2. The summed E-state index contributed by atoms with van der Waals surface area (Å²) in [6, 6.07) is 3.00. The molecule has 0 aliphatic rings. The van der Waals surface area contributed by atoms with Gasteiger partial charge >= 0.3 is 0 Å². The lowest BCUT2D eigenvalue weighted by molar-refractivity contribution is 0.103. The van der Waals surface area contributed by atoms with Crippen LogP contribution in [0.2, 0.25) is 0 Å². The molecule has 0 atom stereocenters. The summed E-state index contributed by atoms with van der Waals surface area (Å²) in [5.74, 6) is -1.94. The van der Waals surface area contributed by atoms with E-state index in [1.807, 2.05) is 0 Å². The second-order valence-corrected chi connectivity index (χ2v) is 3.48. The molecule has 86 valence electrons. The van der Waals surface area contributed by atoms with Gasteiger partial charge in [0.15, 0.2) is 17.4 Å². The average molecular weight is 234 g/mol. The highest BCUT2D eigenvalue weighted by Gasteiger charge is 2.12. The normalized spacial score (nSPS) is 10.3. The molecule has 0 radical (unpaired) electrons. The minimum absolute atomic E-state index is 0.0661. The number of halogens is 2. The van der Waals surface area contributed by atoms with Gasteiger partial charge in [-0.05, 0) is 25.1 Å². The molecule has 2 aromatic rings. The minimum atomic E-state index is -1.05. The van der Waals surface area contributed by atoms with Crippen LogP contribution in [0.15, 0.2) is 30.6 Å². The number of hydrogen-bond acceptors (Lipinski definition) is 3. The van der Waals surface area contributed by atoms with Crippen LogP contribution in [-0.4, -0.2) is 15.8 Å². The first-order valence-electron chi connectivity index (χ1n) is 4.86. The molecule has 2 rings (SSSR count). The summed E-state index contributed by atoms with van der Waals surface area (Å²) in [4.78, 5) is 19.6. The summed E-state index contributed by atoms with van der Waals surface area (Å²) in [5, 5.41) is 0. The summed E-state index contributed by atoms with van der Waals surface area (Å²) in [5.41, 5.74) is 0.304. The van der Waals surface area contributed by atoms with Gasteiger partial charge in [-0.15, -0.1) is 0 Å². The molecule has 0 bridgehead atoms. The molecule has 0 spiro atoms. The molecule has 0 amide bonds. The van der Waals surface area contributed by atoms with Gasteiger partial charge in [0, 0.05) is 18.0 Å². The van der Waals surface area contributed by atoms with E-state index in [9.17, 15) is 13.6 Å². The van der Waals surface area contributed by atoms with E-state index in [4.69, 9.17) is 0 Å². The molecule has 0 unspecified atom stereocenters. The predicted molar refractivity (Wildman–Crippen MR) is 56.6 cm³/mol. The first-order chi connectivity index (χ1) is 8.08. The average Bonchev–Trinajstić information content (AvgIpc) is 2.33. The fraction of sp³-hybridized carbons (Fsp3) is 0.0833. The Morgan fingerprint density at radius 1 is 1.06 bits per heavy atom. The fourth-order valence-electron chi connectivity index (χ4n) is 1.31. The Kier molecular flexibility index (Phi) is 2.91. The summed E-state index contributed by atoms with van der Waals surface area (Å²) in [6.45, 7) is 1.69. The molecule has 0 aliphatic heterocycles. The van der Waals surface area contributed by atoms with E-state index in [-0.39, 0.29) is 11.1 Å². The molecule has 1 aromatic carbocycles. The van der Waals surface area contributed by atoms with Crippen molar-refractivity contribution in [2.45, 2.75) is 6.92 Å². The molecule has 17 heavy (non-hydrogen) atoms. The maximum atomic E-state index is 13.0. The molecule has 0 aliphatic carbocycles. The number of carbonyl (C=O) groups excluding carboxylic acids is 1. The summed E-state index contributed by atoms with van der Waals surface area (Å²) < 4.78 is 25.7. The molecule has 3 nitrogen and oxygen atoms in total. The smallest absolute Gasteiger partial charge is 0.196 e. The van der Waals surface area contributed by atoms with Crippen LogP contribution in [-0.2, 0) is 0 Å². The maximum absolute atomic E-state index is 13.0. The zero-order chi connectivity index (χ0) is 12.4. The highest BCUT2D eigenvalue weighted by Crippen LogP contribution is 2.12. The Morgan fingerprint density at radius 2 is 1.71 bits per heavy atom. The Labute approximate surface area is 96.2 Å². The van der Waals surface area contributed by atoms with E-state index < -0.39 is 17.4 Å². The zero-order valence-electron chi connectivity index (χ0n) is 8.95. The van der Waals surface area contributed by atoms with Crippen molar-refractivity contribution in [3.05, 3.63) is 59.2 Å². The molecule has 0 N–H and O–H groups in total. The van der Waals surface area contributed by atoms with Crippen molar-refractivity contribution in [3.63, 3.8) is 0 Å². The summed E-state index contributed by atoms with van der Waals surface area (Å²) in [6.07, 6.45) is 2.71. The number of benzene rings is 1. The van der Waals surface area contributed by atoms with Gasteiger partial charge in [0.1, 0.15) is 5.82 Å². The van der Waals surface area contributed by atoms with Gasteiger partial charge in [-0.1, -0.05) is 0 Å². The third kappa shape index (κ3) is 2.33. The van der Waals surface area contributed by atoms with E-state index in [0.717, 1.165) is 12.1 Å².